The van der Waals surface area contributed by atoms with Crippen LogP contribution in [0, 0.1) is 0 Å². The zero-order chi connectivity index (χ0) is 17.6. The van der Waals surface area contributed by atoms with E-state index in [0.29, 0.717) is 19.7 Å². The second-order valence-corrected chi connectivity index (χ2v) is 6.30. The number of carbonyl (C=O) groups is 1. The number of fused-ring (bicyclic) bond motifs is 1. The lowest BCUT2D eigenvalue weighted by atomic mass is 10.1. The summed E-state index contributed by atoms with van der Waals surface area (Å²) in [4.78, 5) is 14.3. The molecule has 2 atom stereocenters. The first-order valence-corrected chi connectivity index (χ1v) is 8.54. The number of hydrogen-bond donors (Lipinski definition) is 1. The van der Waals surface area contributed by atoms with E-state index in [2.05, 4.69) is 24.4 Å². The van der Waals surface area contributed by atoms with E-state index in [-0.39, 0.29) is 18.1 Å². The highest BCUT2D eigenvalue weighted by Gasteiger charge is 2.21. The first-order valence-electron chi connectivity index (χ1n) is 8.54. The molecule has 0 saturated heterocycles. The molecule has 0 spiro atoms. The molecule has 0 aliphatic carbocycles. The van der Waals surface area contributed by atoms with Gasteiger partial charge in [-0.05, 0) is 31.7 Å². The molecule has 3 rings (SSSR count). The average Bonchev–Trinajstić information content (AvgIpc) is 2.66. The summed E-state index contributed by atoms with van der Waals surface area (Å²) in [5.74, 6) is 1.46. The van der Waals surface area contributed by atoms with Gasteiger partial charge in [-0.3, -0.25) is 9.69 Å². The quantitative estimate of drug-likeness (QED) is 0.878. The number of carbonyl (C=O) groups excluding carboxylic acids is 1. The molecule has 1 N–H and O–H groups in total. The van der Waals surface area contributed by atoms with Crippen LogP contribution < -0.4 is 14.8 Å². The van der Waals surface area contributed by atoms with Crippen LogP contribution in [0.5, 0.6) is 11.5 Å². The molecule has 1 amide bonds. The third kappa shape index (κ3) is 4.51. The van der Waals surface area contributed by atoms with E-state index < -0.39 is 0 Å². The lowest BCUT2D eigenvalue weighted by molar-refractivity contribution is -0.122. The highest BCUT2D eigenvalue weighted by Crippen LogP contribution is 2.30. The molecule has 0 bridgehead atoms. The maximum atomic E-state index is 12.2. The van der Waals surface area contributed by atoms with Gasteiger partial charge >= 0.3 is 0 Å². The normalized spacial score (nSPS) is 17.2. The molecule has 1 heterocycles. The van der Waals surface area contributed by atoms with Gasteiger partial charge in [-0.2, -0.15) is 0 Å². The number of para-hydroxylation sites is 2. The van der Waals surface area contributed by atoms with Gasteiger partial charge in [0, 0.05) is 6.04 Å². The van der Waals surface area contributed by atoms with Crippen LogP contribution in [0.2, 0.25) is 0 Å². The van der Waals surface area contributed by atoms with E-state index in [0.717, 1.165) is 11.5 Å². The van der Waals surface area contributed by atoms with Crippen molar-refractivity contribution >= 4 is 5.91 Å². The second-order valence-electron chi connectivity index (χ2n) is 6.30. The lowest BCUT2D eigenvalue weighted by Crippen LogP contribution is -2.44. The molecule has 1 aliphatic rings. The van der Waals surface area contributed by atoms with Crippen molar-refractivity contribution in [2.45, 2.75) is 19.1 Å². The minimum absolute atomic E-state index is 0.0206. The van der Waals surface area contributed by atoms with Crippen LogP contribution in [-0.2, 0) is 4.79 Å². The van der Waals surface area contributed by atoms with E-state index in [1.165, 1.54) is 5.56 Å². The predicted molar refractivity (Wildman–Crippen MR) is 96.8 cm³/mol. The molecule has 5 nitrogen and oxygen atoms in total. The fourth-order valence-corrected chi connectivity index (χ4v) is 2.80. The van der Waals surface area contributed by atoms with Crippen molar-refractivity contribution in [2.24, 2.45) is 0 Å². The minimum atomic E-state index is -0.171. The molecule has 0 aromatic heterocycles. The Bertz CT molecular complexity index is 705. The Balaban J connectivity index is 1.45. The largest absolute Gasteiger partial charge is 0.486 e. The maximum Gasteiger partial charge on any atom is 0.234 e. The summed E-state index contributed by atoms with van der Waals surface area (Å²) < 4.78 is 11.5. The highest BCUT2D eigenvalue weighted by atomic mass is 16.6. The Labute approximate surface area is 148 Å². The fraction of sp³-hybridized carbons (Fsp3) is 0.350. The maximum absolute atomic E-state index is 12.2. The summed E-state index contributed by atoms with van der Waals surface area (Å²) in [5, 5.41) is 2.93. The number of nitrogens with zero attached hydrogens (tertiary/aromatic N) is 1. The predicted octanol–water partition coefficient (Wildman–Crippen LogP) is 2.64. The van der Waals surface area contributed by atoms with Gasteiger partial charge < -0.3 is 14.8 Å². The number of likely N-dealkylation sites (N-methyl/N-ethyl adjacent to an activating group) is 1. The Morgan fingerprint density at radius 1 is 1.16 bits per heavy atom. The molecule has 0 saturated carbocycles. The van der Waals surface area contributed by atoms with Gasteiger partial charge in [-0.25, -0.2) is 0 Å². The Kier molecular flexibility index (Phi) is 5.56. The zero-order valence-electron chi connectivity index (χ0n) is 14.6. The zero-order valence-corrected chi connectivity index (χ0v) is 14.6. The number of rotatable bonds is 6. The number of nitrogens with one attached hydrogen (secondary N) is 1. The highest BCUT2D eigenvalue weighted by molar-refractivity contribution is 5.78. The number of hydrogen-bond acceptors (Lipinski definition) is 4. The van der Waals surface area contributed by atoms with Gasteiger partial charge in [0.05, 0.1) is 13.1 Å². The van der Waals surface area contributed by atoms with Crippen molar-refractivity contribution in [1.29, 1.82) is 0 Å². The van der Waals surface area contributed by atoms with E-state index >= 15 is 0 Å². The Hall–Kier alpha value is -2.53. The number of amides is 1. The smallest absolute Gasteiger partial charge is 0.234 e. The van der Waals surface area contributed by atoms with Crippen LogP contribution in [0.15, 0.2) is 54.6 Å². The van der Waals surface area contributed by atoms with Crippen LogP contribution in [0.3, 0.4) is 0 Å². The van der Waals surface area contributed by atoms with E-state index in [1.54, 1.807) is 0 Å². The molecule has 2 aromatic rings. The van der Waals surface area contributed by atoms with Gasteiger partial charge in [0.2, 0.25) is 5.91 Å². The van der Waals surface area contributed by atoms with E-state index in [4.69, 9.17) is 9.47 Å². The summed E-state index contributed by atoms with van der Waals surface area (Å²) in [6, 6.07) is 17.9. The van der Waals surface area contributed by atoms with Gasteiger partial charge in [0.25, 0.3) is 0 Å². The van der Waals surface area contributed by atoms with Crippen molar-refractivity contribution in [3.63, 3.8) is 0 Å². The molecule has 25 heavy (non-hydrogen) atoms. The van der Waals surface area contributed by atoms with Gasteiger partial charge in [0.15, 0.2) is 11.5 Å². The summed E-state index contributed by atoms with van der Waals surface area (Å²) >= 11 is 0. The molecule has 1 aliphatic heterocycles. The fourth-order valence-electron chi connectivity index (χ4n) is 2.80. The molecular weight excluding hydrogens is 316 g/mol. The van der Waals surface area contributed by atoms with Crippen LogP contribution >= 0.6 is 0 Å². The third-order valence-corrected chi connectivity index (χ3v) is 4.43. The molecule has 2 unspecified atom stereocenters. The topological polar surface area (TPSA) is 50.8 Å². The van der Waals surface area contributed by atoms with Crippen LogP contribution in [0.25, 0.3) is 0 Å². The molecule has 2 aromatic carbocycles. The summed E-state index contributed by atoms with van der Waals surface area (Å²) in [5.41, 5.74) is 1.19. The van der Waals surface area contributed by atoms with Gasteiger partial charge in [-0.15, -0.1) is 0 Å². The first-order chi connectivity index (χ1) is 12.1. The summed E-state index contributed by atoms with van der Waals surface area (Å²) in [6.45, 7) is 3.30. The van der Waals surface area contributed by atoms with Crippen LogP contribution in [0.1, 0.15) is 18.5 Å². The standard InChI is InChI=1S/C20H24N2O3/c1-15(16-8-4-3-5-9-16)22(2)13-20(23)21-12-17-14-24-18-10-6-7-11-19(18)25-17/h3-11,15,17H,12-14H2,1-2H3,(H,21,23). The Morgan fingerprint density at radius 3 is 2.60 bits per heavy atom. The molecule has 5 heteroatoms. The van der Waals surface area contributed by atoms with Crippen LogP contribution in [-0.4, -0.2) is 43.7 Å². The van der Waals surface area contributed by atoms with E-state index in [1.807, 2.05) is 54.4 Å². The molecule has 0 fully saturated rings. The third-order valence-electron chi connectivity index (χ3n) is 4.43. The number of ether oxygens (including phenoxy) is 2. The van der Waals surface area contributed by atoms with E-state index in [9.17, 15) is 4.79 Å². The number of benzene rings is 2. The van der Waals surface area contributed by atoms with Crippen molar-refractivity contribution in [2.75, 3.05) is 26.7 Å². The molecular formula is C20H24N2O3. The average molecular weight is 340 g/mol. The Morgan fingerprint density at radius 2 is 1.84 bits per heavy atom. The summed E-state index contributed by atoms with van der Waals surface area (Å²) in [7, 11) is 1.95. The van der Waals surface area contributed by atoms with Crippen molar-refractivity contribution in [1.82, 2.24) is 10.2 Å². The molecule has 132 valence electrons. The first kappa shape index (κ1) is 17.3. The lowest BCUT2D eigenvalue weighted by Gasteiger charge is -2.27. The summed E-state index contributed by atoms with van der Waals surface area (Å²) in [6.07, 6.45) is -0.171. The second kappa shape index (κ2) is 8.03. The SMILES string of the molecule is CC(c1ccccc1)N(C)CC(=O)NCC1COc2ccccc2O1. The van der Waals surface area contributed by atoms with Crippen LogP contribution in [0.4, 0.5) is 0 Å². The van der Waals surface area contributed by atoms with Crippen molar-refractivity contribution in [3.05, 3.63) is 60.2 Å². The van der Waals surface area contributed by atoms with Gasteiger partial charge in [0.1, 0.15) is 12.7 Å². The van der Waals surface area contributed by atoms with Crippen molar-refractivity contribution in [3.8, 4) is 11.5 Å². The van der Waals surface area contributed by atoms with Crippen molar-refractivity contribution < 1.29 is 14.3 Å². The monoisotopic (exact) mass is 340 g/mol. The minimum Gasteiger partial charge on any atom is -0.486 e. The molecule has 0 radical (unpaired) electrons. The van der Waals surface area contributed by atoms with Gasteiger partial charge in [-0.1, -0.05) is 42.5 Å².